The average Bonchev–Trinajstić information content (AvgIpc) is 2.31. The van der Waals surface area contributed by atoms with Gasteiger partial charge >= 0.3 is 0 Å². The van der Waals surface area contributed by atoms with Crippen LogP contribution in [0.15, 0.2) is 0 Å². The van der Waals surface area contributed by atoms with Crippen molar-refractivity contribution < 1.29 is 5.11 Å². The lowest BCUT2D eigenvalue weighted by Crippen LogP contribution is -2.58. The third-order valence-electron chi connectivity index (χ3n) is 3.33. The average molecular weight is 258 g/mol. The SMILES string of the molecule is CCC.CCC.OCCN1CCC2(CC1)CNC2. The third-order valence-corrected chi connectivity index (χ3v) is 3.33. The van der Waals surface area contributed by atoms with Crippen molar-refractivity contribution >= 4 is 0 Å². The number of nitrogens with zero attached hydrogens (tertiary/aromatic N) is 1. The molecule has 0 amide bonds. The molecule has 1 spiro atoms. The lowest BCUT2D eigenvalue weighted by molar-refractivity contribution is 0.0477. The number of nitrogens with one attached hydrogen (secondary N) is 1. The summed E-state index contributed by atoms with van der Waals surface area (Å²) < 4.78 is 0. The smallest absolute Gasteiger partial charge is 0.0558 e. The van der Waals surface area contributed by atoms with Crippen LogP contribution in [0.4, 0.5) is 0 Å². The first-order valence-corrected chi connectivity index (χ1v) is 7.71. The molecule has 0 aromatic carbocycles. The molecule has 0 saturated carbocycles. The first-order chi connectivity index (χ1) is 8.67. The molecule has 2 aliphatic rings. The standard InChI is InChI=1S/C9H18N2O.2C3H8/c12-6-5-11-3-1-9(2-4-11)7-10-8-9;2*1-3-2/h10,12H,1-8H2;2*3H2,1-2H3. The molecule has 3 nitrogen and oxygen atoms in total. The first-order valence-electron chi connectivity index (χ1n) is 7.71. The van der Waals surface area contributed by atoms with Crippen LogP contribution in [0.1, 0.15) is 53.4 Å². The van der Waals surface area contributed by atoms with Crippen molar-refractivity contribution in [3.05, 3.63) is 0 Å². The van der Waals surface area contributed by atoms with E-state index < -0.39 is 0 Å². The maximum absolute atomic E-state index is 8.77. The summed E-state index contributed by atoms with van der Waals surface area (Å²) in [5, 5.41) is 12.1. The van der Waals surface area contributed by atoms with Crippen LogP contribution < -0.4 is 5.32 Å². The minimum atomic E-state index is 0.311. The number of aliphatic hydroxyl groups excluding tert-OH is 1. The van der Waals surface area contributed by atoms with Gasteiger partial charge in [-0.15, -0.1) is 0 Å². The Morgan fingerprint density at radius 3 is 1.72 bits per heavy atom. The normalized spacial score (nSPS) is 21.2. The molecule has 2 heterocycles. The zero-order valence-corrected chi connectivity index (χ0v) is 13.0. The minimum absolute atomic E-state index is 0.311. The van der Waals surface area contributed by atoms with E-state index in [0.717, 1.165) is 6.54 Å². The van der Waals surface area contributed by atoms with Gasteiger partial charge in [-0.25, -0.2) is 0 Å². The molecule has 0 unspecified atom stereocenters. The Labute approximate surface area is 114 Å². The number of β-amino-alcohol motifs (C(OH)–C–C–N with tert-alkyl or cyclic N) is 1. The van der Waals surface area contributed by atoms with Gasteiger partial charge in [0.25, 0.3) is 0 Å². The highest BCUT2D eigenvalue weighted by Gasteiger charge is 2.39. The molecule has 0 bridgehead atoms. The van der Waals surface area contributed by atoms with Crippen molar-refractivity contribution in [1.29, 1.82) is 0 Å². The van der Waals surface area contributed by atoms with Crippen molar-refractivity contribution in [2.24, 2.45) is 5.41 Å². The molecule has 2 saturated heterocycles. The van der Waals surface area contributed by atoms with Gasteiger partial charge in [-0.2, -0.15) is 0 Å². The highest BCUT2D eigenvalue weighted by molar-refractivity contribution is 4.95. The van der Waals surface area contributed by atoms with E-state index >= 15 is 0 Å². The van der Waals surface area contributed by atoms with Crippen molar-refractivity contribution in [2.75, 3.05) is 39.3 Å². The van der Waals surface area contributed by atoms with Crippen LogP contribution in [0.2, 0.25) is 0 Å². The third kappa shape index (κ3) is 6.72. The zero-order chi connectivity index (χ0) is 13.9. The highest BCUT2D eigenvalue weighted by Crippen LogP contribution is 2.34. The minimum Gasteiger partial charge on any atom is -0.395 e. The number of likely N-dealkylation sites (tertiary alicyclic amines) is 1. The van der Waals surface area contributed by atoms with Crippen molar-refractivity contribution in [3.63, 3.8) is 0 Å². The van der Waals surface area contributed by atoms with Gasteiger partial charge in [0.05, 0.1) is 6.61 Å². The fourth-order valence-electron chi connectivity index (χ4n) is 2.22. The molecular weight excluding hydrogens is 224 g/mol. The highest BCUT2D eigenvalue weighted by atomic mass is 16.3. The summed E-state index contributed by atoms with van der Waals surface area (Å²) in [6, 6.07) is 0. The Morgan fingerprint density at radius 1 is 1.00 bits per heavy atom. The quantitative estimate of drug-likeness (QED) is 0.799. The Bertz CT molecular complexity index is 169. The van der Waals surface area contributed by atoms with Gasteiger partial charge in [0, 0.05) is 19.6 Å². The molecule has 0 radical (unpaired) electrons. The Morgan fingerprint density at radius 2 is 1.44 bits per heavy atom. The van der Waals surface area contributed by atoms with E-state index in [0.29, 0.717) is 12.0 Å². The van der Waals surface area contributed by atoms with E-state index in [2.05, 4.69) is 37.9 Å². The molecule has 2 fully saturated rings. The molecule has 0 aromatic rings. The second-order valence-corrected chi connectivity index (χ2v) is 5.58. The van der Waals surface area contributed by atoms with E-state index in [9.17, 15) is 0 Å². The van der Waals surface area contributed by atoms with Gasteiger partial charge in [0.15, 0.2) is 0 Å². The van der Waals surface area contributed by atoms with E-state index in [-0.39, 0.29) is 0 Å². The summed E-state index contributed by atoms with van der Waals surface area (Å²) in [7, 11) is 0. The predicted octanol–water partition coefficient (Wildman–Crippen LogP) is 2.50. The molecule has 18 heavy (non-hydrogen) atoms. The lowest BCUT2D eigenvalue weighted by atomic mass is 9.73. The van der Waals surface area contributed by atoms with Gasteiger partial charge in [-0.05, 0) is 31.3 Å². The predicted molar refractivity (Wildman–Crippen MR) is 80.0 cm³/mol. The summed E-state index contributed by atoms with van der Waals surface area (Å²) >= 11 is 0. The van der Waals surface area contributed by atoms with Crippen LogP contribution in [0, 0.1) is 5.41 Å². The fraction of sp³-hybridized carbons (Fsp3) is 1.00. The number of aliphatic hydroxyl groups is 1. The fourth-order valence-corrected chi connectivity index (χ4v) is 2.22. The summed E-state index contributed by atoms with van der Waals surface area (Å²) in [6.45, 7) is 14.5. The Balaban J connectivity index is 0.000000414. The summed E-state index contributed by atoms with van der Waals surface area (Å²) in [6.07, 6.45) is 5.14. The molecule has 2 rings (SSSR count). The van der Waals surface area contributed by atoms with Crippen molar-refractivity contribution in [1.82, 2.24) is 10.2 Å². The summed E-state index contributed by atoms with van der Waals surface area (Å²) in [4.78, 5) is 2.36. The van der Waals surface area contributed by atoms with E-state index in [1.807, 2.05) is 0 Å². The van der Waals surface area contributed by atoms with Crippen LogP contribution in [-0.2, 0) is 0 Å². The van der Waals surface area contributed by atoms with Crippen molar-refractivity contribution in [2.45, 2.75) is 53.4 Å². The van der Waals surface area contributed by atoms with Gasteiger partial charge in [-0.3, -0.25) is 0 Å². The van der Waals surface area contributed by atoms with Crippen LogP contribution >= 0.6 is 0 Å². The summed E-state index contributed by atoms with van der Waals surface area (Å²) in [5.41, 5.74) is 0.645. The van der Waals surface area contributed by atoms with E-state index in [4.69, 9.17) is 5.11 Å². The second-order valence-electron chi connectivity index (χ2n) is 5.58. The Hall–Kier alpha value is -0.120. The number of piperidine rings is 1. The zero-order valence-electron chi connectivity index (χ0n) is 13.0. The number of hydrogen-bond acceptors (Lipinski definition) is 3. The number of hydrogen-bond donors (Lipinski definition) is 2. The first kappa shape index (κ1) is 17.9. The maximum Gasteiger partial charge on any atom is 0.0558 e. The van der Waals surface area contributed by atoms with Crippen molar-refractivity contribution in [3.8, 4) is 0 Å². The molecule has 2 aliphatic heterocycles. The van der Waals surface area contributed by atoms with Gasteiger partial charge in [0.1, 0.15) is 0 Å². The van der Waals surface area contributed by atoms with E-state index in [1.54, 1.807) is 0 Å². The molecule has 3 heteroatoms. The van der Waals surface area contributed by atoms with Crippen LogP contribution in [0.5, 0.6) is 0 Å². The molecule has 0 aliphatic carbocycles. The maximum atomic E-state index is 8.77. The molecule has 0 aromatic heterocycles. The number of rotatable bonds is 2. The van der Waals surface area contributed by atoms with Crippen LogP contribution in [0.25, 0.3) is 0 Å². The second kappa shape index (κ2) is 10.8. The van der Waals surface area contributed by atoms with Gasteiger partial charge in [-0.1, -0.05) is 40.5 Å². The largest absolute Gasteiger partial charge is 0.395 e. The molecule has 2 N–H and O–H groups in total. The molecule has 110 valence electrons. The summed E-state index contributed by atoms with van der Waals surface area (Å²) in [5.74, 6) is 0. The van der Waals surface area contributed by atoms with Crippen LogP contribution in [0.3, 0.4) is 0 Å². The van der Waals surface area contributed by atoms with Crippen LogP contribution in [-0.4, -0.2) is 49.3 Å². The van der Waals surface area contributed by atoms with E-state index in [1.165, 1.54) is 51.9 Å². The van der Waals surface area contributed by atoms with Gasteiger partial charge in [0.2, 0.25) is 0 Å². The Kier molecular flexibility index (Phi) is 10.7. The molecule has 0 atom stereocenters. The monoisotopic (exact) mass is 258 g/mol. The topological polar surface area (TPSA) is 35.5 Å². The van der Waals surface area contributed by atoms with Gasteiger partial charge < -0.3 is 15.3 Å². The molecular formula is C15H34N2O. The lowest BCUT2D eigenvalue weighted by Gasteiger charge is -2.48.